The summed E-state index contributed by atoms with van der Waals surface area (Å²) in [5, 5.41) is 0. The van der Waals surface area contributed by atoms with Crippen molar-refractivity contribution in [3.05, 3.63) is 53.1 Å². The molecule has 0 unspecified atom stereocenters. The predicted molar refractivity (Wildman–Crippen MR) is 76.5 cm³/mol. The summed E-state index contributed by atoms with van der Waals surface area (Å²) in [5.41, 5.74) is 8.47. The van der Waals surface area contributed by atoms with Crippen LogP contribution in [-0.4, -0.2) is 19.5 Å². The molecule has 1 heterocycles. The molecule has 20 heavy (non-hydrogen) atoms. The fourth-order valence-electron chi connectivity index (χ4n) is 2.39. The molecule has 0 radical (unpaired) electrons. The molecule has 1 aliphatic heterocycles. The van der Waals surface area contributed by atoms with Crippen molar-refractivity contribution in [2.45, 2.75) is 6.42 Å². The molecule has 0 saturated heterocycles. The molecule has 0 atom stereocenters. The zero-order chi connectivity index (χ0) is 14.1. The second-order valence-electron chi connectivity index (χ2n) is 4.71. The molecular weight excluding hydrogens is 254 g/mol. The topological polar surface area (TPSA) is 61.5 Å². The van der Waals surface area contributed by atoms with Gasteiger partial charge in [-0.2, -0.15) is 0 Å². The van der Waals surface area contributed by atoms with Crippen molar-refractivity contribution in [1.29, 1.82) is 0 Å². The van der Waals surface area contributed by atoms with Crippen LogP contribution in [0, 0.1) is 0 Å². The summed E-state index contributed by atoms with van der Waals surface area (Å²) in [6, 6.07) is 10.6. The van der Waals surface area contributed by atoms with E-state index in [-0.39, 0.29) is 5.78 Å². The summed E-state index contributed by atoms with van der Waals surface area (Å²) in [7, 11) is 1.54. The van der Waals surface area contributed by atoms with Crippen LogP contribution in [0.25, 0.3) is 0 Å². The molecule has 2 aromatic rings. The molecular formula is C16H15NO3. The first kappa shape index (κ1) is 12.5. The number of fused-ring (bicyclic) bond motifs is 1. The minimum absolute atomic E-state index is 0.0937. The van der Waals surface area contributed by atoms with E-state index in [1.165, 1.54) is 0 Å². The van der Waals surface area contributed by atoms with E-state index in [4.69, 9.17) is 15.2 Å². The molecule has 0 fully saturated rings. The average molecular weight is 269 g/mol. The van der Waals surface area contributed by atoms with E-state index in [1.54, 1.807) is 31.4 Å². The van der Waals surface area contributed by atoms with Gasteiger partial charge in [-0.3, -0.25) is 4.79 Å². The molecule has 0 aromatic heterocycles. The minimum Gasteiger partial charge on any atom is -0.496 e. The van der Waals surface area contributed by atoms with Crippen molar-refractivity contribution in [3.8, 4) is 11.5 Å². The molecule has 0 spiro atoms. The molecule has 1 aliphatic rings. The number of nitrogen functional groups attached to an aromatic ring is 1. The Bertz CT molecular complexity index is 679. The molecule has 4 heteroatoms. The Labute approximate surface area is 117 Å². The van der Waals surface area contributed by atoms with Gasteiger partial charge in [0.2, 0.25) is 0 Å². The van der Waals surface area contributed by atoms with Crippen LogP contribution in [0.15, 0.2) is 36.4 Å². The lowest BCUT2D eigenvalue weighted by molar-refractivity contribution is 0.103. The summed E-state index contributed by atoms with van der Waals surface area (Å²) in [6.07, 6.45) is 0.838. The number of hydrogen-bond acceptors (Lipinski definition) is 4. The SMILES string of the molecule is COc1ccc(N)cc1C(=O)c1ccc2c(c1)CCO2. The standard InChI is InChI=1S/C16H15NO3/c1-19-15-5-3-12(17)9-13(15)16(18)11-2-4-14-10(8-11)6-7-20-14/h2-5,8-9H,6-7,17H2,1H3. The van der Waals surface area contributed by atoms with Gasteiger partial charge < -0.3 is 15.2 Å². The van der Waals surface area contributed by atoms with Crippen molar-refractivity contribution in [2.24, 2.45) is 0 Å². The lowest BCUT2D eigenvalue weighted by Crippen LogP contribution is -2.05. The number of rotatable bonds is 3. The largest absolute Gasteiger partial charge is 0.496 e. The summed E-state index contributed by atoms with van der Waals surface area (Å²) in [5.74, 6) is 1.30. The third-order valence-corrected chi connectivity index (χ3v) is 3.42. The molecule has 0 saturated carbocycles. The van der Waals surface area contributed by atoms with Crippen molar-refractivity contribution >= 4 is 11.5 Å². The van der Waals surface area contributed by atoms with Gasteiger partial charge in [-0.05, 0) is 42.0 Å². The van der Waals surface area contributed by atoms with E-state index in [0.717, 1.165) is 17.7 Å². The van der Waals surface area contributed by atoms with Crippen LogP contribution in [0.3, 0.4) is 0 Å². The quantitative estimate of drug-likeness (QED) is 0.686. The normalized spacial score (nSPS) is 12.7. The highest BCUT2D eigenvalue weighted by molar-refractivity contribution is 6.11. The fraction of sp³-hybridized carbons (Fsp3) is 0.188. The average Bonchev–Trinajstić information content (AvgIpc) is 2.93. The lowest BCUT2D eigenvalue weighted by atomic mass is 9.99. The summed E-state index contributed by atoms with van der Waals surface area (Å²) >= 11 is 0. The summed E-state index contributed by atoms with van der Waals surface area (Å²) in [4.78, 5) is 12.6. The van der Waals surface area contributed by atoms with Gasteiger partial charge in [0.05, 0.1) is 19.3 Å². The zero-order valence-electron chi connectivity index (χ0n) is 11.2. The van der Waals surface area contributed by atoms with Crippen LogP contribution in [0.5, 0.6) is 11.5 Å². The van der Waals surface area contributed by atoms with E-state index in [9.17, 15) is 4.79 Å². The number of methoxy groups -OCH3 is 1. The summed E-state index contributed by atoms with van der Waals surface area (Å²) in [6.45, 7) is 0.675. The number of ether oxygens (including phenoxy) is 2. The van der Waals surface area contributed by atoms with Gasteiger partial charge in [0, 0.05) is 17.7 Å². The highest BCUT2D eigenvalue weighted by Crippen LogP contribution is 2.29. The second-order valence-corrected chi connectivity index (χ2v) is 4.71. The second kappa shape index (κ2) is 4.89. The van der Waals surface area contributed by atoms with Crippen molar-refractivity contribution in [1.82, 2.24) is 0 Å². The first-order chi connectivity index (χ1) is 9.69. The van der Waals surface area contributed by atoms with Gasteiger partial charge in [-0.1, -0.05) is 0 Å². The predicted octanol–water partition coefficient (Wildman–Crippen LogP) is 2.44. The fourth-order valence-corrected chi connectivity index (χ4v) is 2.39. The van der Waals surface area contributed by atoms with Crippen molar-refractivity contribution in [3.63, 3.8) is 0 Å². The van der Waals surface area contributed by atoms with E-state index in [1.807, 2.05) is 12.1 Å². The van der Waals surface area contributed by atoms with Crippen LogP contribution in [-0.2, 0) is 6.42 Å². The van der Waals surface area contributed by atoms with Gasteiger partial charge >= 0.3 is 0 Å². The maximum absolute atomic E-state index is 12.6. The Kier molecular flexibility index (Phi) is 3.06. The monoisotopic (exact) mass is 269 g/mol. The third-order valence-electron chi connectivity index (χ3n) is 3.42. The number of ketones is 1. The minimum atomic E-state index is -0.0937. The van der Waals surface area contributed by atoms with Gasteiger partial charge in [-0.25, -0.2) is 0 Å². The zero-order valence-corrected chi connectivity index (χ0v) is 11.2. The van der Waals surface area contributed by atoms with Gasteiger partial charge in [0.15, 0.2) is 5.78 Å². The molecule has 0 aliphatic carbocycles. The Balaban J connectivity index is 2.02. The maximum Gasteiger partial charge on any atom is 0.196 e. The maximum atomic E-state index is 12.6. The Morgan fingerprint density at radius 3 is 2.90 bits per heavy atom. The number of hydrogen-bond donors (Lipinski definition) is 1. The van der Waals surface area contributed by atoms with E-state index in [0.29, 0.717) is 29.2 Å². The molecule has 102 valence electrons. The number of carbonyl (C=O) groups excluding carboxylic acids is 1. The van der Waals surface area contributed by atoms with Gasteiger partial charge in [0.25, 0.3) is 0 Å². The summed E-state index contributed by atoms with van der Waals surface area (Å²) < 4.78 is 10.7. The van der Waals surface area contributed by atoms with Crippen LogP contribution in [0.1, 0.15) is 21.5 Å². The van der Waals surface area contributed by atoms with Crippen LogP contribution in [0.4, 0.5) is 5.69 Å². The number of anilines is 1. The molecule has 2 aromatic carbocycles. The van der Waals surface area contributed by atoms with E-state index in [2.05, 4.69) is 0 Å². The Hall–Kier alpha value is -2.49. The first-order valence-corrected chi connectivity index (χ1v) is 6.43. The number of nitrogens with two attached hydrogens (primary N) is 1. The molecule has 2 N–H and O–H groups in total. The molecule has 3 rings (SSSR count). The smallest absolute Gasteiger partial charge is 0.196 e. The third kappa shape index (κ3) is 2.09. The molecule has 4 nitrogen and oxygen atoms in total. The Morgan fingerprint density at radius 2 is 2.10 bits per heavy atom. The van der Waals surface area contributed by atoms with Crippen LogP contribution in [0.2, 0.25) is 0 Å². The van der Waals surface area contributed by atoms with Crippen LogP contribution >= 0.6 is 0 Å². The molecule has 0 amide bonds. The highest BCUT2D eigenvalue weighted by Gasteiger charge is 2.18. The highest BCUT2D eigenvalue weighted by atomic mass is 16.5. The number of benzene rings is 2. The first-order valence-electron chi connectivity index (χ1n) is 6.43. The number of carbonyl (C=O) groups is 1. The van der Waals surface area contributed by atoms with Crippen molar-refractivity contribution < 1.29 is 14.3 Å². The molecule has 0 bridgehead atoms. The van der Waals surface area contributed by atoms with E-state index >= 15 is 0 Å². The van der Waals surface area contributed by atoms with Crippen molar-refractivity contribution in [2.75, 3.05) is 19.5 Å². The van der Waals surface area contributed by atoms with Gasteiger partial charge in [-0.15, -0.1) is 0 Å². The van der Waals surface area contributed by atoms with Gasteiger partial charge in [0.1, 0.15) is 11.5 Å². The Morgan fingerprint density at radius 1 is 1.25 bits per heavy atom. The van der Waals surface area contributed by atoms with E-state index < -0.39 is 0 Å². The van der Waals surface area contributed by atoms with Crippen LogP contribution < -0.4 is 15.2 Å². The lowest BCUT2D eigenvalue weighted by Gasteiger charge is -2.09.